The van der Waals surface area contributed by atoms with Crippen molar-refractivity contribution in [2.45, 2.75) is 26.2 Å². The van der Waals surface area contributed by atoms with Crippen molar-refractivity contribution in [1.82, 2.24) is 4.98 Å². The van der Waals surface area contributed by atoms with Gasteiger partial charge < -0.3 is 4.74 Å². The smallest absolute Gasteiger partial charge is 0.306 e. The van der Waals surface area contributed by atoms with E-state index < -0.39 is 11.8 Å². The minimum absolute atomic E-state index is 0.0649. The molecule has 0 amide bonds. The summed E-state index contributed by atoms with van der Waals surface area (Å²) in [6, 6.07) is 1.26. The van der Waals surface area contributed by atoms with Gasteiger partial charge in [-0.15, -0.1) is 0 Å². The number of ether oxygens (including phenoxy) is 1. The van der Waals surface area contributed by atoms with E-state index in [2.05, 4.69) is 4.98 Å². The zero-order valence-corrected chi connectivity index (χ0v) is 9.61. The topological polar surface area (TPSA) is 56.3 Å². The van der Waals surface area contributed by atoms with Crippen molar-refractivity contribution in [3.63, 3.8) is 0 Å². The van der Waals surface area contributed by atoms with E-state index in [-0.39, 0.29) is 25.0 Å². The van der Waals surface area contributed by atoms with Gasteiger partial charge in [-0.3, -0.25) is 14.6 Å². The highest BCUT2D eigenvalue weighted by atomic mass is 19.1. The maximum absolute atomic E-state index is 12.8. The van der Waals surface area contributed by atoms with Crippen LogP contribution in [0.25, 0.3) is 0 Å². The molecule has 0 aliphatic carbocycles. The summed E-state index contributed by atoms with van der Waals surface area (Å²) in [6.07, 6.45) is 2.77. The third-order valence-electron chi connectivity index (χ3n) is 2.08. The Morgan fingerprint density at radius 2 is 2.12 bits per heavy atom. The van der Waals surface area contributed by atoms with E-state index in [4.69, 9.17) is 4.74 Å². The summed E-state index contributed by atoms with van der Waals surface area (Å²) in [6.45, 7) is 2.01. The SMILES string of the molecule is CCOC(=O)CCC(=O)Cc1cncc(F)c1. The third kappa shape index (κ3) is 5.19. The van der Waals surface area contributed by atoms with Gasteiger partial charge in [-0.05, 0) is 18.6 Å². The number of aromatic nitrogens is 1. The Hall–Kier alpha value is -1.78. The van der Waals surface area contributed by atoms with Gasteiger partial charge >= 0.3 is 5.97 Å². The molecule has 0 spiro atoms. The van der Waals surface area contributed by atoms with Gasteiger partial charge in [-0.2, -0.15) is 0 Å². The molecule has 0 unspecified atom stereocenters. The average molecular weight is 239 g/mol. The quantitative estimate of drug-likeness (QED) is 0.709. The lowest BCUT2D eigenvalue weighted by atomic mass is 10.1. The van der Waals surface area contributed by atoms with Crippen LogP contribution in [0.15, 0.2) is 18.5 Å². The number of hydrogen-bond acceptors (Lipinski definition) is 4. The number of esters is 1. The van der Waals surface area contributed by atoms with Crippen LogP contribution >= 0.6 is 0 Å². The van der Waals surface area contributed by atoms with Gasteiger partial charge in [0.15, 0.2) is 0 Å². The van der Waals surface area contributed by atoms with E-state index in [0.29, 0.717) is 12.2 Å². The molecule has 1 rings (SSSR count). The first kappa shape index (κ1) is 13.3. The molecule has 0 N–H and O–H groups in total. The molecule has 0 radical (unpaired) electrons. The second kappa shape index (κ2) is 6.73. The first-order valence-corrected chi connectivity index (χ1v) is 5.38. The summed E-state index contributed by atoms with van der Waals surface area (Å²) in [7, 11) is 0. The number of nitrogens with zero attached hydrogens (tertiary/aromatic N) is 1. The van der Waals surface area contributed by atoms with Crippen molar-refractivity contribution < 1.29 is 18.7 Å². The molecular formula is C12H14FNO3. The zero-order chi connectivity index (χ0) is 12.7. The maximum atomic E-state index is 12.8. The van der Waals surface area contributed by atoms with Crippen molar-refractivity contribution in [2.75, 3.05) is 6.61 Å². The number of halogens is 1. The predicted molar refractivity (Wildman–Crippen MR) is 58.8 cm³/mol. The van der Waals surface area contributed by atoms with E-state index in [9.17, 15) is 14.0 Å². The summed E-state index contributed by atoms with van der Waals surface area (Å²) in [5.41, 5.74) is 0.513. The maximum Gasteiger partial charge on any atom is 0.306 e. The van der Waals surface area contributed by atoms with Crippen LogP contribution in [0.1, 0.15) is 25.3 Å². The van der Waals surface area contributed by atoms with Crippen LogP contribution in [0.3, 0.4) is 0 Å². The highest BCUT2D eigenvalue weighted by molar-refractivity contribution is 5.84. The molecule has 0 saturated carbocycles. The normalized spacial score (nSPS) is 10.0. The van der Waals surface area contributed by atoms with Crippen LogP contribution in [-0.2, 0) is 20.7 Å². The monoisotopic (exact) mass is 239 g/mol. The summed E-state index contributed by atoms with van der Waals surface area (Å²) < 4.78 is 17.5. The Bertz CT molecular complexity index is 406. The zero-order valence-electron chi connectivity index (χ0n) is 9.61. The molecule has 0 aliphatic rings. The number of ketones is 1. The van der Waals surface area contributed by atoms with E-state index >= 15 is 0 Å². The number of hydrogen-bond donors (Lipinski definition) is 0. The van der Waals surface area contributed by atoms with Crippen molar-refractivity contribution in [3.8, 4) is 0 Å². The van der Waals surface area contributed by atoms with E-state index in [1.807, 2.05) is 0 Å². The van der Waals surface area contributed by atoms with E-state index in [1.54, 1.807) is 6.92 Å². The molecule has 0 fully saturated rings. The molecule has 0 saturated heterocycles. The van der Waals surface area contributed by atoms with Crippen molar-refractivity contribution in [1.29, 1.82) is 0 Å². The molecule has 1 aromatic heterocycles. The first-order valence-electron chi connectivity index (χ1n) is 5.38. The molecule has 0 aromatic carbocycles. The van der Waals surface area contributed by atoms with E-state index in [0.717, 1.165) is 6.20 Å². The third-order valence-corrected chi connectivity index (χ3v) is 2.08. The van der Waals surface area contributed by atoms with Crippen molar-refractivity contribution in [3.05, 3.63) is 29.8 Å². The van der Waals surface area contributed by atoms with Crippen LogP contribution in [0.4, 0.5) is 4.39 Å². The van der Waals surface area contributed by atoms with Crippen LogP contribution in [0.2, 0.25) is 0 Å². The van der Waals surface area contributed by atoms with Gasteiger partial charge in [0.1, 0.15) is 11.6 Å². The van der Waals surface area contributed by atoms with Crippen molar-refractivity contribution >= 4 is 11.8 Å². The number of Topliss-reactive ketones (excluding diaryl/α,β-unsaturated/α-hetero) is 1. The molecule has 0 atom stereocenters. The summed E-state index contributed by atoms with van der Waals surface area (Å²) in [4.78, 5) is 26.1. The molecular weight excluding hydrogens is 225 g/mol. The molecule has 1 aromatic rings. The number of carbonyl (C=O) groups is 2. The van der Waals surface area contributed by atoms with Crippen LogP contribution < -0.4 is 0 Å². The Kier molecular flexibility index (Phi) is 5.26. The first-order chi connectivity index (χ1) is 8.11. The Balaban J connectivity index is 2.37. The van der Waals surface area contributed by atoms with E-state index in [1.165, 1.54) is 12.3 Å². The Labute approximate surface area is 98.8 Å². The number of rotatable bonds is 6. The molecule has 92 valence electrons. The molecule has 4 nitrogen and oxygen atoms in total. The molecule has 1 heterocycles. The average Bonchev–Trinajstić information content (AvgIpc) is 2.27. The largest absolute Gasteiger partial charge is 0.466 e. The fourth-order valence-electron chi connectivity index (χ4n) is 1.34. The predicted octanol–water partition coefficient (Wildman–Crippen LogP) is 1.68. The van der Waals surface area contributed by atoms with Crippen LogP contribution in [-0.4, -0.2) is 23.3 Å². The van der Waals surface area contributed by atoms with Gasteiger partial charge in [0.2, 0.25) is 0 Å². The summed E-state index contributed by atoms with van der Waals surface area (Å²) >= 11 is 0. The lowest BCUT2D eigenvalue weighted by Gasteiger charge is -2.02. The minimum Gasteiger partial charge on any atom is -0.466 e. The lowest BCUT2D eigenvalue weighted by molar-refractivity contribution is -0.144. The van der Waals surface area contributed by atoms with Gasteiger partial charge in [-0.1, -0.05) is 0 Å². The van der Waals surface area contributed by atoms with Crippen LogP contribution in [0, 0.1) is 5.82 Å². The minimum atomic E-state index is -0.472. The fourth-order valence-corrected chi connectivity index (χ4v) is 1.34. The van der Waals surface area contributed by atoms with Crippen LogP contribution in [0.5, 0.6) is 0 Å². The van der Waals surface area contributed by atoms with Crippen molar-refractivity contribution in [2.24, 2.45) is 0 Å². The van der Waals surface area contributed by atoms with Gasteiger partial charge in [0.05, 0.1) is 19.2 Å². The standard InChI is InChI=1S/C12H14FNO3/c1-2-17-12(16)4-3-11(15)6-9-5-10(13)8-14-7-9/h5,7-8H,2-4,6H2,1H3. The molecule has 17 heavy (non-hydrogen) atoms. The highest BCUT2D eigenvalue weighted by Gasteiger charge is 2.09. The molecule has 5 heteroatoms. The molecule has 0 bridgehead atoms. The van der Waals surface area contributed by atoms with Gasteiger partial charge in [0.25, 0.3) is 0 Å². The lowest BCUT2D eigenvalue weighted by Crippen LogP contribution is -2.09. The Morgan fingerprint density at radius 1 is 1.35 bits per heavy atom. The van der Waals surface area contributed by atoms with Gasteiger partial charge in [0, 0.05) is 19.0 Å². The fraction of sp³-hybridized carbons (Fsp3) is 0.417. The highest BCUT2D eigenvalue weighted by Crippen LogP contribution is 2.05. The second-order valence-corrected chi connectivity index (χ2v) is 3.53. The Morgan fingerprint density at radius 3 is 2.76 bits per heavy atom. The van der Waals surface area contributed by atoms with Gasteiger partial charge in [-0.25, -0.2) is 4.39 Å². The number of pyridine rings is 1. The summed E-state index contributed by atoms with van der Waals surface area (Å²) in [5.74, 6) is -0.996. The number of carbonyl (C=O) groups excluding carboxylic acids is 2. The summed E-state index contributed by atoms with van der Waals surface area (Å²) in [5, 5.41) is 0. The molecule has 0 aliphatic heterocycles. The second-order valence-electron chi connectivity index (χ2n) is 3.53.